The SMILES string of the molecule is CC(C)NC(N)=N[C@H](CO)C(C)C. The van der Waals surface area contributed by atoms with Gasteiger partial charge in [0.1, 0.15) is 0 Å². The summed E-state index contributed by atoms with van der Waals surface area (Å²) in [5, 5.41) is 12.0. The van der Waals surface area contributed by atoms with E-state index in [2.05, 4.69) is 10.3 Å². The Hall–Kier alpha value is -0.770. The molecule has 0 radical (unpaired) electrons. The first-order valence-electron chi connectivity index (χ1n) is 4.68. The van der Waals surface area contributed by atoms with E-state index in [9.17, 15) is 0 Å². The Morgan fingerprint density at radius 1 is 1.38 bits per heavy atom. The van der Waals surface area contributed by atoms with Crippen LogP contribution in [0.4, 0.5) is 0 Å². The number of rotatable bonds is 4. The zero-order chi connectivity index (χ0) is 10.4. The van der Waals surface area contributed by atoms with E-state index >= 15 is 0 Å². The van der Waals surface area contributed by atoms with Gasteiger partial charge in [0, 0.05) is 6.04 Å². The summed E-state index contributed by atoms with van der Waals surface area (Å²) in [6, 6.07) is 0.168. The van der Waals surface area contributed by atoms with Gasteiger partial charge in [-0.15, -0.1) is 0 Å². The van der Waals surface area contributed by atoms with Crippen molar-refractivity contribution in [2.45, 2.75) is 39.8 Å². The predicted molar refractivity (Wildman–Crippen MR) is 55.6 cm³/mol. The Kier molecular flexibility index (Phi) is 5.46. The zero-order valence-corrected chi connectivity index (χ0v) is 8.91. The second kappa shape index (κ2) is 5.80. The Morgan fingerprint density at radius 2 is 1.92 bits per heavy atom. The van der Waals surface area contributed by atoms with Crippen LogP contribution in [0.5, 0.6) is 0 Å². The number of hydrogen-bond acceptors (Lipinski definition) is 2. The first kappa shape index (κ1) is 12.2. The van der Waals surface area contributed by atoms with Crippen LogP contribution in [0.25, 0.3) is 0 Å². The quantitative estimate of drug-likeness (QED) is 0.438. The fraction of sp³-hybridized carbons (Fsp3) is 0.889. The number of nitrogens with zero attached hydrogens (tertiary/aromatic N) is 1. The van der Waals surface area contributed by atoms with E-state index in [1.54, 1.807) is 0 Å². The zero-order valence-electron chi connectivity index (χ0n) is 8.91. The Morgan fingerprint density at radius 3 is 2.23 bits per heavy atom. The normalized spacial score (nSPS) is 15.2. The van der Waals surface area contributed by atoms with Gasteiger partial charge in [0.2, 0.25) is 0 Å². The molecule has 0 aromatic carbocycles. The first-order chi connectivity index (χ1) is 5.97. The third-order valence-corrected chi connectivity index (χ3v) is 1.70. The van der Waals surface area contributed by atoms with Gasteiger partial charge >= 0.3 is 0 Å². The van der Waals surface area contributed by atoms with Crippen molar-refractivity contribution in [2.75, 3.05) is 6.61 Å². The molecule has 0 heterocycles. The number of guanidine groups is 1. The van der Waals surface area contributed by atoms with E-state index in [4.69, 9.17) is 10.8 Å². The van der Waals surface area contributed by atoms with Crippen LogP contribution in [0.3, 0.4) is 0 Å². The van der Waals surface area contributed by atoms with Crippen molar-refractivity contribution in [3.8, 4) is 0 Å². The minimum absolute atomic E-state index is 0.0398. The maximum atomic E-state index is 8.99. The molecule has 0 rings (SSSR count). The minimum atomic E-state index is -0.105. The predicted octanol–water partition coefficient (Wildman–Crippen LogP) is 0.316. The summed E-state index contributed by atoms with van der Waals surface area (Å²) in [4.78, 5) is 4.17. The molecule has 0 amide bonds. The van der Waals surface area contributed by atoms with Gasteiger partial charge in [0.05, 0.1) is 12.6 Å². The second-order valence-corrected chi connectivity index (χ2v) is 3.81. The van der Waals surface area contributed by atoms with Crippen molar-refractivity contribution >= 4 is 5.96 Å². The average Bonchev–Trinajstić information content (AvgIpc) is 1.98. The highest BCUT2D eigenvalue weighted by atomic mass is 16.3. The van der Waals surface area contributed by atoms with E-state index in [1.807, 2.05) is 27.7 Å². The lowest BCUT2D eigenvalue weighted by Crippen LogP contribution is -2.38. The molecular formula is C9H21N3O. The van der Waals surface area contributed by atoms with Crippen LogP contribution in [-0.2, 0) is 0 Å². The Labute approximate surface area is 80.2 Å². The molecule has 0 aliphatic rings. The number of nitrogens with one attached hydrogen (secondary N) is 1. The van der Waals surface area contributed by atoms with Crippen molar-refractivity contribution in [3.05, 3.63) is 0 Å². The summed E-state index contributed by atoms with van der Waals surface area (Å²) in [7, 11) is 0. The van der Waals surface area contributed by atoms with Gasteiger partial charge in [-0.1, -0.05) is 13.8 Å². The van der Waals surface area contributed by atoms with E-state index in [0.717, 1.165) is 0 Å². The molecule has 0 aromatic rings. The number of aliphatic hydroxyl groups is 1. The average molecular weight is 187 g/mol. The van der Waals surface area contributed by atoms with Crippen molar-refractivity contribution in [3.63, 3.8) is 0 Å². The molecule has 0 saturated heterocycles. The smallest absolute Gasteiger partial charge is 0.189 e. The molecule has 13 heavy (non-hydrogen) atoms. The van der Waals surface area contributed by atoms with Crippen molar-refractivity contribution < 1.29 is 5.11 Å². The van der Waals surface area contributed by atoms with Gasteiger partial charge in [-0.25, -0.2) is 4.99 Å². The van der Waals surface area contributed by atoms with Gasteiger partial charge in [-0.05, 0) is 19.8 Å². The van der Waals surface area contributed by atoms with Crippen molar-refractivity contribution in [2.24, 2.45) is 16.6 Å². The molecule has 0 unspecified atom stereocenters. The number of hydrogen-bond donors (Lipinski definition) is 3. The molecule has 0 aliphatic carbocycles. The molecule has 0 bridgehead atoms. The maximum absolute atomic E-state index is 8.99. The van der Waals surface area contributed by atoms with Crippen LogP contribution in [-0.4, -0.2) is 29.8 Å². The monoisotopic (exact) mass is 187 g/mol. The molecular weight excluding hydrogens is 166 g/mol. The number of aliphatic imine (C=N–C) groups is 1. The lowest BCUT2D eigenvalue weighted by Gasteiger charge is -2.16. The number of nitrogens with two attached hydrogens (primary N) is 1. The molecule has 0 spiro atoms. The summed E-state index contributed by atoms with van der Waals surface area (Å²) in [6.07, 6.45) is 0. The topological polar surface area (TPSA) is 70.6 Å². The fourth-order valence-corrected chi connectivity index (χ4v) is 0.912. The summed E-state index contributed by atoms with van der Waals surface area (Å²) >= 11 is 0. The Bertz CT molecular complexity index is 166. The minimum Gasteiger partial charge on any atom is -0.394 e. The lowest BCUT2D eigenvalue weighted by molar-refractivity contribution is 0.239. The molecule has 4 heteroatoms. The fourth-order valence-electron chi connectivity index (χ4n) is 0.912. The van der Waals surface area contributed by atoms with Crippen LogP contribution in [0.1, 0.15) is 27.7 Å². The van der Waals surface area contributed by atoms with Gasteiger partial charge in [-0.3, -0.25) is 0 Å². The molecule has 78 valence electrons. The highest BCUT2D eigenvalue weighted by molar-refractivity contribution is 5.78. The van der Waals surface area contributed by atoms with Crippen molar-refractivity contribution in [1.82, 2.24) is 5.32 Å². The van der Waals surface area contributed by atoms with E-state index < -0.39 is 0 Å². The largest absolute Gasteiger partial charge is 0.394 e. The van der Waals surface area contributed by atoms with Crippen LogP contribution in [0, 0.1) is 5.92 Å². The third-order valence-electron chi connectivity index (χ3n) is 1.70. The van der Waals surface area contributed by atoms with Gasteiger partial charge < -0.3 is 16.2 Å². The Balaban J connectivity index is 4.16. The van der Waals surface area contributed by atoms with E-state index in [-0.39, 0.29) is 18.7 Å². The van der Waals surface area contributed by atoms with Crippen LogP contribution in [0.15, 0.2) is 4.99 Å². The first-order valence-corrected chi connectivity index (χ1v) is 4.68. The standard InChI is InChI=1S/C9H21N3O/c1-6(2)8(5-13)12-9(10)11-7(3)4/h6-8,13H,5H2,1-4H3,(H3,10,11,12)/t8-/m1/s1. The summed E-state index contributed by atoms with van der Waals surface area (Å²) < 4.78 is 0. The molecule has 0 fully saturated rings. The maximum Gasteiger partial charge on any atom is 0.189 e. The van der Waals surface area contributed by atoms with Crippen LogP contribution < -0.4 is 11.1 Å². The molecule has 1 atom stereocenters. The summed E-state index contributed by atoms with van der Waals surface area (Å²) in [6.45, 7) is 8.04. The number of aliphatic hydroxyl groups excluding tert-OH is 1. The molecule has 4 N–H and O–H groups in total. The van der Waals surface area contributed by atoms with Crippen LogP contribution in [0.2, 0.25) is 0 Å². The second-order valence-electron chi connectivity index (χ2n) is 3.81. The molecule has 0 aromatic heterocycles. The van der Waals surface area contributed by atoms with Gasteiger partial charge in [-0.2, -0.15) is 0 Å². The van der Waals surface area contributed by atoms with E-state index in [1.165, 1.54) is 0 Å². The van der Waals surface area contributed by atoms with Gasteiger partial charge in [0.15, 0.2) is 5.96 Å². The molecule has 4 nitrogen and oxygen atoms in total. The summed E-state index contributed by atoms with van der Waals surface area (Å²) in [5.41, 5.74) is 5.62. The summed E-state index contributed by atoms with van der Waals surface area (Å²) in [5.74, 6) is 0.709. The van der Waals surface area contributed by atoms with Crippen LogP contribution >= 0.6 is 0 Å². The lowest BCUT2D eigenvalue weighted by atomic mass is 10.1. The highest BCUT2D eigenvalue weighted by Crippen LogP contribution is 2.04. The van der Waals surface area contributed by atoms with E-state index in [0.29, 0.717) is 11.9 Å². The molecule has 0 saturated carbocycles. The molecule has 0 aliphatic heterocycles. The van der Waals surface area contributed by atoms with Crippen molar-refractivity contribution in [1.29, 1.82) is 0 Å². The van der Waals surface area contributed by atoms with Gasteiger partial charge in [0.25, 0.3) is 0 Å². The third kappa shape index (κ3) is 5.47. The highest BCUT2D eigenvalue weighted by Gasteiger charge is 2.10.